The zero-order valence-corrected chi connectivity index (χ0v) is 39.6. The Morgan fingerprint density at radius 3 is 1.25 bits per heavy atom. The number of rotatable bonds is 20. The van der Waals surface area contributed by atoms with Crippen molar-refractivity contribution in [3.05, 3.63) is 132 Å². The molecule has 0 aliphatic rings. The number of halogens is 1. The topological polar surface area (TPSA) is 159 Å². The normalized spacial score (nSPS) is 10.3. The van der Waals surface area contributed by atoms with Gasteiger partial charge in [0.1, 0.15) is 42.2 Å². The highest BCUT2D eigenvalue weighted by molar-refractivity contribution is 7.96. The van der Waals surface area contributed by atoms with Gasteiger partial charge in [-0.2, -0.15) is 0 Å². The number of hydrogen-bond donors (Lipinski definition) is 0. The zero-order chi connectivity index (χ0) is 46.9. The van der Waals surface area contributed by atoms with E-state index in [2.05, 4.69) is 36.4 Å². The van der Waals surface area contributed by atoms with Gasteiger partial charge < -0.3 is 37.9 Å². The Morgan fingerprint density at radius 2 is 0.877 bits per heavy atom. The van der Waals surface area contributed by atoms with E-state index in [1.54, 1.807) is 44.2 Å². The van der Waals surface area contributed by atoms with Crippen molar-refractivity contribution < 1.29 is 61.9 Å². The molecule has 0 atom stereocenters. The molecule has 346 valence electrons. The van der Waals surface area contributed by atoms with Gasteiger partial charge in [-0.15, -0.1) is 12.4 Å². The highest BCUT2D eigenvalue weighted by Crippen LogP contribution is 2.55. The first-order valence-electron chi connectivity index (χ1n) is 20.1. The van der Waals surface area contributed by atoms with Crippen molar-refractivity contribution in [2.45, 2.75) is 26.7 Å². The predicted molar refractivity (Wildman–Crippen MR) is 256 cm³/mol. The van der Waals surface area contributed by atoms with E-state index in [9.17, 15) is 24.0 Å². The molecular formula is C50H57ClO13P+. The molecule has 0 spiro atoms. The van der Waals surface area contributed by atoms with Crippen LogP contribution in [0.3, 0.4) is 0 Å². The van der Waals surface area contributed by atoms with E-state index in [1.165, 1.54) is 48.7 Å². The van der Waals surface area contributed by atoms with E-state index in [1.807, 2.05) is 54.6 Å². The molecule has 0 unspecified atom stereocenters. The molecule has 0 aliphatic carbocycles. The summed E-state index contributed by atoms with van der Waals surface area (Å²) >= 11 is 0. The fraction of sp³-hybridized carbons (Fsp3) is 0.260. The lowest BCUT2D eigenvalue weighted by Crippen LogP contribution is -2.36. The van der Waals surface area contributed by atoms with Crippen LogP contribution in [0.15, 0.2) is 121 Å². The molecule has 0 fully saturated rings. The molecule has 65 heavy (non-hydrogen) atoms. The second kappa shape index (κ2) is 28.9. The van der Waals surface area contributed by atoms with Gasteiger partial charge in [0, 0.05) is 5.56 Å². The lowest BCUT2D eigenvalue weighted by Gasteiger charge is -2.27. The van der Waals surface area contributed by atoms with Gasteiger partial charge in [0.2, 0.25) is 11.5 Å². The van der Waals surface area contributed by atoms with Crippen LogP contribution in [0.4, 0.5) is 0 Å². The number of benzene rings is 5. The Morgan fingerprint density at radius 1 is 0.492 bits per heavy atom. The minimum atomic E-state index is -2.24. The van der Waals surface area contributed by atoms with Crippen LogP contribution in [0.25, 0.3) is 6.08 Å². The van der Waals surface area contributed by atoms with Crippen molar-refractivity contribution >= 4 is 71.5 Å². The van der Waals surface area contributed by atoms with E-state index < -0.39 is 19.2 Å². The van der Waals surface area contributed by atoms with Crippen LogP contribution in [0.1, 0.15) is 42.6 Å². The third-order valence-electron chi connectivity index (χ3n) is 9.32. The number of carbonyl (C=O) groups is 5. The predicted octanol–water partition coefficient (Wildman–Crippen LogP) is 7.70. The summed E-state index contributed by atoms with van der Waals surface area (Å²) in [6.45, 7) is 3.96. The lowest BCUT2D eigenvalue weighted by molar-refractivity contribution is -0.146. The number of hydrogen-bond acceptors (Lipinski definition) is 13. The average molecular weight is 932 g/mol. The summed E-state index contributed by atoms with van der Waals surface area (Å²) in [5.74, 6) is 1.31. The molecule has 13 nitrogen and oxygen atoms in total. The molecule has 5 rings (SSSR count). The number of ether oxygens (including phenoxy) is 8. The molecule has 0 aromatic heterocycles. The highest BCUT2D eigenvalue weighted by atomic mass is 35.5. The molecule has 0 saturated carbocycles. The number of methoxy groups -OCH3 is 6. The quantitative estimate of drug-likeness (QED) is 0.0246. The first-order valence-corrected chi connectivity index (χ1v) is 22.1. The number of aldehydes is 1. The maximum atomic E-state index is 13.0. The van der Waals surface area contributed by atoms with Gasteiger partial charge in [0.25, 0.3) is 0 Å². The summed E-state index contributed by atoms with van der Waals surface area (Å²) in [6.07, 6.45) is 3.38. The minimum absolute atomic E-state index is 0. The number of esters is 2. The van der Waals surface area contributed by atoms with Crippen LogP contribution in [0, 0.1) is 0 Å². The van der Waals surface area contributed by atoms with Gasteiger partial charge in [-0.05, 0) is 86.7 Å². The van der Waals surface area contributed by atoms with Gasteiger partial charge in [-0.1, -0.05) is 54.6 Å². The molecule has 0 N–H and O–H groups in total. The molecule has 5 aromatic carbocycles. The Bertz CT molecular complexity index is 2210. The molecule has 0 bridgehead atoms. The molecule has 5 aromatic rings. The summed E-state index contributed by atoms with van der Waals surface area (Å²) < 4.78 is 40.7. The van der Waals surface area contributed by atoms with Gasteiger partial charge >= 0.3 is 11.9 Å². The van der Waals surface area contributed by atoms with E-state index in [4.69, 9.17) is 37.9 Å². The maximum absolute atomic E-state index is 13.0. The fourth-order valence-corrected chi connectivity index (χ4v) is 10.7. The highest BCUT2D eigenvalue weighted by Gasteiger charge is 2.47. The summed E-state index contributed by atoms with van der Waals surface area (Å²) in [5, 5.41) is 3.39. The standard InChI is InChI=1S/C24H24O3P.C16H20O6.C10H12O4.ClH/c1-2-27-24(26)18-20(25)19-28(21-12-6-3-7-13-21,22-14-8-4-9-15-22)23-16-10-5-11-17-23;1-5-22-14(18)10-12(17)8-6-11-7-9-13(19-2)16(21-4)15(11)20-3;1-12-8-5-4-7(6-11)9(13-2)10(8)14-3;/h3-17H,2,18-19H2,1H3;6-9H,5,10H2,1-4H3;4-6H,1-3H3;1H/q+1;;;/b;8-6+;;. The van der Waals surface area contributed by atoms with Crippen LogP contribution >= 0.6 is 19.7 Å². The largest absolute Gasteiger partial charge is 0.493 e. The first-order chi connectivity index (χ1) is 31.0. The Balaban J connectivity index is 0.000000351. The Kier molecular flexibility index (Phi) is 24.2. The van der Waals surface area contributed by atoms with Crippen LogP contribution < -0.4 is 44.3 Å². The summed E-state index contributed by atoms with van der Waals surface area (Å²) in [6, 6.07) is 37.2. The summed E-state index contributed by atoms with van der Waals surface area (Å²) in [5.41, 5.74) is 1.07. The van der Waals surface area contributed by atoms with E-state index >= 15 is 0 Å². The Hall–Kier alpha value is -6.69. The van der Waals surface area contributed by atoms with E-state index in [-0.39, 0.29) is 50.0 Å². The molecular weight excluding hydrogens is 875 g/mol. The van der Waals surface area contributed by atoms with Crippen LogP contribution in [0.5, 0.6) is 34.5 Å². The van der Waals surface area contributed by atoms with Crippen molar-refractivity contribution in [2.75, 3.05) is 62.0 Å². The molecule has 15 heteroatoms. The molecule has 0 radical (unpaired) electrons. The van der Waals surface area contributed by atoms with Crippen molar-refractivity contribution in [1.82, 2.24) is 0 Å². The monoisotopic (exact) mass is 931 g/mol. The smallest absolute Gasteiger partial charge is 0.313 e. The average Bonchev–Trinajstić information content (AvgIpc) is 3.32. The fourth-order valence-electron chi connectivity index (χ4n) is 6.53. The number of carbonyl (C=O) groups excluding carboxylic acids is 5. The van der Waals surface area contributed by atoms with Crippen molar-refractivity contribution in [3.8, 4) is 34.5 Å². The molecule has 0 amide bonds. The van der Waals surface area contributed by atoms with Crippen molar-refractivity contribution in [2.24, 2.45) is 0 Å². The second-order valence-corrected chi connectivity index (χ2v) is 16.7. The lowest BCUT2D eigenvalue weighted by atomic mass is 10.1. The zero-order valence-electron chi connectivity index (χ0n) is 37.9. The molecule has 0 heterocycles. The summed E-state index contributed by atoms with van der Waals surface area (Å²) in [7, 11) is 6.77. The number of Topliss-reactive ketones (excluding diaryl/α,β-unsaturated/α-hetero) is 1. The SMILES string of the molecule is CCOC(=O)CC(=O)/C=C/c1ccc(OC)c(OC)c1OC.CCOC(=O)CC(=O)C[P+](c1ccccc1)(c1ccccc1)c1ccccc1.COc1ccc(C=O)c(OC)c1OC.Cl. The van der Waals surface area contributed by atoms with Gasteiger partial charge in [-0.25, -0.2) is 0 Å². The second-order valence-electron chi connectivity index (χ2n) is 13.2. The minimum Gasteiger partial charge on any atom is -0.493 e. The summed E-state index contributed by atoms with van der Waals surface area (Å²) in [4.78, 5) is 58.5. The first kappa shape index (κ1) is 54.4. The molecule has 0 aliphatic heterocycles. The number of allylic oxidation sites excluding steroid dienone is 1. The maximum Gasteiger partial charge on any atom is 0.313 e. The van der Waals surface area contributed by atoms with Gasteiger partial charge in [0.05, 0.1) is 61.4 Å². The van der Waals surface area contributed by atoms with E-state index in [0.29, 0.717) is 58.1 Å². The van der Waals surface area contributed by atoms with Gasteiger partial charge in [0.15, 0.2) is 40.9 Å². The molecule has 0 saturated heterocycles. The third kappa shape index (κ3) is 15.2. The van der Waals surface area contributed by atoms with Crippen LogP contribution in [-0.2, 0) is 28.7 Å². The van der Waals surface area contributed by atoms with Crippen LogP contribution in [-0.4, -0.2) is 91.8 Å². The third-order valence-corrected chi connectivity index (χ3v) is 13.7. The Labute approximate surface area is 387 Å². The van der Waals surface area contributed by atoms with Crippen molar-refractivity contribution in [3.63, 3.8) is 0 Å². The van der Waals surface area contributed by atoms with Gasteiger partial charge in [-0.3, -0.25) is 24.0 Å². The van der Waals surface area contributed by atoms with E-state index in [0.717, 1.165) is 15.9 Å². The van der Waals surface area contributed by atoms with Crippen LogP contribution in [0.2, 0.25) is 0 Å². The van der Waals surface area contributed by atoms with Crippen molar-refractivity contribution in [1.29, 1.82) is 0 Å². The number of ketones is 2.